The minimum absolute atomic E-state index is 0.0225. The quantitative estimate of drug-likeness (QED) is 0.410. The Morgan fingerprint density at radius 3 is 2.56 bits per heavy atom. The van der Waals surface area contributed by atoms with Crippen LogP contribution in [0.15, 0.2) is 53.6 Å². The number of hydrazone groups is 1. The minimum atomic E-state index is -0.597. The van der Waals surface area contributed by atoms with Gasteiger partial charge in [-0.25, -0.2) is 10.2 Å². The Morgan fingerprint density at radius 2 is 1.88 bits per heavy atom. The lowest BCUT2D eigenvalue weighted by Gasteiger charge is -2.18. The number of carbonyl (C=O) groups is 2. The van der Waals surface area contributed by atoms with Crippen LogP contribution < -0.4 is 20.2 Å². The normalized spacial score (nSPS) is 11.3. The first kappa shape index (κ1) is 24.2. The highest BCUT2D eigenvalue weighted by Crippen LogP contribution is 2.28. The van der Waals surface area contributed by atoms with Crippen LogP contribution in [-0.2, 0) is 9.53 Å². The van der Waals surface area contributed by atoms with Gasteiger partial charge >= 0.3 is 6.09 Å². The number of hydrogen-bond donors (Lipinski definition) is 2. The van der Waals surface area contributed by atoms with Crippen molar-refractivity contribution >= 4 is 18.2 Å². The van der Waals surface area contributed by atoms with E-state index in [4.69, 9.17) is 19.5 Å². The molecule has 0 bridgehead atoms. The van der Waals surface area contributed by atoms with Crippen molar-refractivity contribution in [2.24, 2.45) is 5.10 Å². The summed E-state index contributed by atoms with van der Waals surface area (Å²) in [4.78, 5) is 24.3. The first-order valence-corrected chi connectivity index (χ1v) is 10.1. The summed E-state index contributed by atoms with van der Waals surface area (Å²) in [5.41, 5.74) is 3.90. The highest BCUT2D eigenvalue weighted by atomic mass is 16.5. The van der Waals surface area contributed by atoms with Crippen molar-refractivity contribution in [2.75, 3.05) is 19.8 Å². The van der Waals surface area contributed by atoms with Gasteiger partial charge in [0.1, 0.15) is 6.07 Å². The minimum Gasteiger partial charge on any atom is -0.490 e. The van der Waals surface area contributed by atoms with E-state index >= 15 is 0 Å². The summed E-state index contributed by atoms with van der Waals surface area (Å²) < 4.78 is 15.8. The van der Waals surface area contributed by atoms with Crippen molar-refractivity contribution in [1.29, 1.82) is 5.26 Å². The molecule has 2 N–H and O–H groups in total. The molecule has 9 heteroatoms. The molecule has 0 spiro atoms. The van der Waals surface area contributed by atoms with Gasteiger partial charge in [-0.15, -0.1) is 0 Å². The second-order valence-corrected chi connectivity index (χ2v) is 6.41. The van der Waals surface area contributed by atoms with Gasteiger partial charge in [-0.05, 0) is 43.2 Å². The molecule has 2 aromatic carbocycles. The molecule has 32 heavy (non-hydrogen) atoms. The van der Waals surface area contributed by atoms with E-state index in [1.54, 1.807) is 25.1 Å². The van der Waals surface area contributed by atoms with Crippen LogP contribution in [0.3, 0.4) is 0 Å². The predicted molar refractivity (Wildman–Crippen MR) is 118 cm³/mol. The van der Waals surface area contributed by atoms with Crippen molar-refractivity contribution in [1.82, 2.24) is 10.7 Å². The molecule has 0 saturated heterocycles. The summed E-state index contributed by atoms with van der Waals surface area (Å²) >= 11 is 0. The maximum atomic E-state index is 12.4. The molecule has 1 atom stereocenters. The highest BCUT2D eigenvalue weighted by Gasteiger charge is 2.18. The smallest absolute Gasteiger partial charge is 0.407 e. The van der Waals surface area contributed by atoms with Gasteiger partial charge in [0.25, 0.3) is 0 Å². The summed E-state index contributed by atoms with van der Waals surface area (Å²) in [7, 11) is 0. The van der Waals surface area contributed by atoms with Gasteiger partial charge in [0, 0.05) is 0 Å². The molecule has 0 aliphatic heterocycles. The molecule has 0 saturated carbocycles. The Balaban J connectivity index is 2.02. The van der Waals surface area contributed by atoms with Crippen molar-refractivity contribution in [3.05, 3.63) is 59.7 Å². The van der Waals surface area contributed by atoms with Crippen LogP contribution in [-0.4, -0.2) is 38.0 Å². The van der Waals surface area contributed by atoms with Gasteiger partial charge in [0.05, 0.1) is 31.9 Å². The molecule has 0 aliphatic carbocycles. The first-order chi connectivity index (χ1) is 15.6. The Kier molecular flexibility index (Phi) is 10.1. The summed E-state index contributed by atoms with van der Waals surface area (Å²) in [6, 6.07) is 15.6. The molecule has 0 heterocycles. The van der Waals surface area contributed by atoms with E-state index in [0.29, 0.717) is 23.7 Å². The predicted octanol–water partition coefficient (Wildman–Crippen LogP) is 3.32. The van der Waals surface area contributed by atoms with Gasteiger partial charge in [0.15, 0.2) is 18.1 Å². The zero-order chi connectivity index (χ0) is 23.2. The largest absolute Gasteiger partial charge is 0.490 e. The number of ether oxygens (including phenoxy) is 3. The lowest BCUT2D eigenvalue weighted by Crippen LogP contribution is -2.33. The fourth-order valence-corrected chi connectivity index (χ4v) is 2.76. The van der Waals surface area contributed by atoms with E-state index < -0.39 is 12.1 Å². The molecule has 0 radical (unpaired) electrons. The summed E-state index contributed by atoms with van der Waals surface area (Å²) in [6.45, 7) is 4.11. The molecular weight excluding hydrogens is 412 g/mol. The van der Waals surface area contributed by atoms with Crippen molar-refractivity contribution in [3.8, 4) is 17.6 Å². The number of benzene rings is 2. The molecule has 2 rings (SSSR count). The van der Waals surface area contributed by atoms with E-state index in [-0.39, 0.29) is 25.5 Å². The van der Waals surface area contributed by atoms with Crippen molar-refractivity contribution < 1.29 is 23.8 Å². The topological polar surface area (TPSA) is 122 Å². The number of alkyl carbamates (subject to hydrolysis) is 1. The molecule has 0 fully saturated rings. The van der Waals surface area contributed by atoms with E-state index in [9.17, 15) is 9.59 Å². The third-order valence-electron chi connectivity index (χ3n) is 4.12. The van der Waals surface area contributed by atoms with E-state index in [1.165, 1.54) is 6.21 Å². The fourth-order valence-electron chi connectivity index (χ4n) is 2.76. The second kappa shape index (κ2) is 13.3. The second-order valence-electron chi connectivity index (χ2n) is 6.41. The van der Waals surface area contributed by atoms with Crippen molar-refractivity contribution in [2.45, 2.75) is 26.3 Å². The van der Waals surface area contributed by atoms with Gasteiger partial charge in [-0.3, -0.25) is 4.79 Å². The molecule has 0 aromatic heterocycles. The molecule has 168 valence electrons. The lowest BCUT2D eigenvalue weighted by atomic mass is 10.0. The Hall–Kier alpha value is -4.06. The molecule has 2 amide bonds. The summed E-state index contributed by atoms with van der Waals surface area (Å²) in [6.07, 6.45) is 0.843. The van der Waals surface area contributed by atoms with E-state index in [0.717, 1.165) is 5.56 Å². The van der Waals surface area contributed by atoms with Crippen LogP contribution in [0.4, 0.5) is 4.79 Å². The maximum absolute atomic E-state index is 12.4. The Morgan fingerprint density at radius 1 is 1.09 bits per heavy atom. The third-order valence-corrected chi connectivity index (χ3v) is 4.12. The molecule has 0 aliphatic rings. The van der Waals surface area contributed by atoms with Gasteiger partial charge in [0.2, 0.25) is 5.91 Å². The van der Waals surface area contributed by atoms with Crippen molar-refractivity contribution in [3.63, 3.8) is 0 Å². The van der Waals surface area contributed by atoms with Crippen LogP contribution >= 0.6 is 0 Å². The number of hydrogen-bond acceptors (Lipinski definition) is 7. The third kappa shape index (κ3) is 7.99. The number of nitrogens with zero attached hydrogens (tertiary/aromatic N) is 2. The molecule has 2 aromatic rings. The number of nitriles is 1. The van der Waals surface area contributed by atoms with Gasteiger partial charge in [-0.2, -0.15) is 10.4 Å². The Bertz CT molecular complexity index is 957. The molecule has 0 unspecified atom stereocenters. The zero-order valence-electron chi connectivity index (χ0n) is 18.0. The first-order valence-electron chi connectivity index (χ1n) is 10.1. The number of carbonyl (C=O) groups excluding carboxylic acids is 2. The van der Waals surface area contributed by atoms with Crippen LogP contribution in [0.5, 0.6) is 11.5 Å². The van der Waals surface area contributed by atoms with Crippen LogP contribution in [0.1, 0.15) is 37.4 Å². The molecular formula is C23H26N4O5. The highest BCUT2D eigenvalue weighted by molar-refractivity contribution is 5.83. The average molecular weight is 438 g/mol. The fraction of sp³-hybridized carbons (Fsp3) is 0.304. The average Bonchev–Trinajstić information content (AvgIpc) is 2.79. The number of amides is 2. The monoisotopic (exact) mass is 438 g/mol. The van der Waals surface area contributed by atoms with Gasteiger partial charge < -0.3 is 19.5 Å². The number of rotatable bonds is 11. The summed E-state index contributed by atoms with van der Waals surface area (Å²) in [5.74, 6) is 0.539. The zero-order valence-corrected chi connectivity index (χ0v) is 18.0. The number of nitrogens with one attached hydrogen (secondary N) is 2. The van der Waals surface area contributed by atoms with E-state index in [1.807, 2.05) is 43.3 Å². The van der Waals surface area contributed by atoms with E-state index in [2.05, 4.69) is 15.8 Å². The molecule has 9 nitrogen and oxygen atoms in total. The SMILES string of the molecule is CCOC(=O)N[C@H](CC(=O)N/N=C\c1ccc(OCC#N)c(OCC)c1)c1ccccc1. The maximum Gasteiger partial charge on any atom is 0.407 e. The van der Waals surface area contributed by atoms with Crippen LogP contribution in [0.25, 0.3) is 0 Å². The Labute approximate surface area is 187 Å². The lowest BCUT2D eigenvalue weighted by molar-refractivity contribution is -0.121. The van der Waals surface area contributed by atoms with Crippen LogP contribution in [0, 0.1) is 11.3 Å². The van der Waals surface area contributed by atoms with Crippen LogP contribution in [0.2, 0.25) is 0 Å². The standard InChI is InChI=1S/C23H26N4O5/c1-3-30-21-14-17(10-11-20(21)32-13-12-24)16-25-27-22(28)15-19(26-23(29)31-4-2)18-8-6-5-7-9-18/h5-11,14,16,19H,3-4,13,15H2,1-2H3,(H,26,29)(H,27,28)/b25-16-/t19-/m1/s1. The summed E-state index contributed by atoms with van der Waals surface area (Å²) in [5, 5.41) is 15.3. The van der Waals surface area contributed by atoms with Gasteiger partial charge in [-0.1, -0.05) is 30.3 Å².